The number of carbonyl (C=O) groups is 1. The summed E-state index contributed by atoms with van der Waals surface area (Å²) in [6.45, 7) is 2.36. The number of nitrogens with zero attached hydrogens (tertiary/aromatic N) is 2. The van der Waals surface area contributed by atoms with Crippen LogP contribution in [0.5, 0.6) is 0 Å². The van der Waals surface area contributed by atoms with Gasteiger partial charge in [-0.1, -0.05) is 15.9 Å². The van der Waals surface area contributed by atoms with Gasteiger partial charge >= 0.3 is 0 Å². The van der Waals surface area contributed by atoms with Gasteiger partial charge in [0, 0.05) is 34.4 Å². The summed E-state index contributed by atoms with van der Waals surface area (Å²) in [6.07, 6.45) is 5.87. The molecule has 3 atom stereocenters. The van der Waals surface area contributed by atoms with Gasteiger partial charge in [-0.25, -0.2) is 0 Å². The Morgan fingerprint density at radius 1 is 1.22 bits per heavy atom. The summed E-state index contributed by atoms with van der Waals surface area (Å²) < 4.78 is 1.000. The lowest BCUT2D eigenvalue weighted by atomic mass is 9.87. The molecular weight excluding hydrogens is 372 g/mol. The molecular formula is C18H25BrN2OS. The number of carbonyl (C=O) groups excluding carboxylic acids is 1. The van der Waals surface area contributed by atoms with E-state index >= 15 is 0 Å². The van der Waals surface area contributed by atoms with E-state index in [0.29, 0.717) is 11.3 Å². The third kappa shape index (κ3) is 3.94. The zero-order chi connectivity index (χ0) is 16.4. The Bertz CT molecular complexity index is 544. The maximum absolute atomic E-state index is 12.9. The number of thiol groups is 1. The Labute approximate surface area is 153 Å². The molecule has 0 spiro atoms. The molecule has 2 fully saturated rings. The van der Waals surface area contributed by atoms with E-state index < -0.39 is 0 Å². The number of hydrogen-bond acceptors (Lipinski definition) is 3. The molecule has 0 N–H and O–H groups in total. The lowest BCUT2D eigenvalue weighted by Crippen LogP contribution is -2.54. The van der Waals surface area contributed by atoms with Crippen molar-refractivity contribution in [3.8, 4) is 0 Å². The summed E-state index contributed by atoms with van der Waals surface area (Å²) in [4.78, 5) is 17.4. The van der Waals surface area contributed by atoms with Gasteiger partial charge in [0.05, 0.1) is 0 Å². The molecule has 3 nitrogen and oxygen atoms in total. The second kappa shape index (κ2) is 7.58. The van der Waals surface area contributed by atoms with Crippen LogP contribution in [0, 0.1) is 0 Å². The minimum Gasteiger partial charge on any atom is -0.337 e. The van der Waals surface area contributed by atoms with Crippen LogP contribution in [0.4, 0.5) is 0 Å². The van der Waals surface area contributed by atoms with E-state index in [0.717, 1.165) is 29.3 Å². The average Bonchev–Trinajstić information content (AvgIpc) is 3.08. The van der Waals surface area contributed by atoms with Crippen molar-refractivity contribution >= 4 is 34.5 Å². The molecule has 1 aliphatic heterocycles. The maximum atomic E-state index is 12.9. The number of benzene rings is 1. The molecule has 1 aromatic rings. The van der Waals surface area contributed by atoms with Crippen LogP contribution in [0.15, 0.2) is 28.7 Å². The molecule has 23 heavy (non-hydrogen) atoms. The van der Waals surface area contributed by atoms with Gasteiger partial charge in [-0.3, -0.25) is 9.69 Å². The van der Waals surface area contributed by atoms with Crippen LogP contribution in [0.1, 0.15) is 42.5 Å². The highest BCUT2D eigenvalue weighted by atomic mass is 79.9. The number of amides is 1. The summed E-state index contributed by atoms with van der Waals surface area (Å²) in [5.41, 5.74) is 0.761. The van der Waals surface area contributed by atoms with Crippen LogP contribution in [-0.4, -0.2) is 53.2 Å². The first-order valence-electron chi connectivity index (χ1n) is 8.51. The first-order chi connectivity index (χ1) is 11.1. The highest BCUT2D eigenvalue weighted by Gasteiger charge is 2.38. The summed E-state index contributed by atoms with van der Waals surface area (Å²) in [5.74, 6) is 0.120. The van der Waals surface area contributed by atoms with Gasteiger partial charge in [-0.2, -0.15) is 12.6 Å². The van der Waals surface area contributed by atoms with Gasteiger partial charge in [-0.15, -0.1) is 0 Å². The van der Waals surface area contributed by atoms with Crippen molar-refractivity contribution < 1.29 is 4.79 Å². The van der Waals surface area contributed by atoms with E-state index in [-0.39, 0.29) is 11.9 Å². The van der Waals surface area contributed by atoms with Crippen LogP contribution in [0.3, 0.4) is 0 Å². The lowest BCUT2D eigenvalue weighted by molar-refractivity contribution is 0.0506. The van der Waals surface area contributed by atoms with Gasteiger partial charge < -0.3 is 4.90 Å². The van der Waals surface area contributed by atoms with Crippen LogP contribution >= 0.6 is 28.6 Å². The maximum Gasteiger partial charge on any atom is 0.253 e. The predicted octanol–water partition coefficient (Wildman–Crippen LogP) is 3.84. The molecule has 3 rings (SSSR count). The van der Waals surface area contributed by atoms with Crippen LogP contribution in [0.25, 0.3) is 0 Å². The normalized spacial score (nSPS) is 28.7. The SMILES string of the molecule is CN(C(=O)c1ccc(Br)cc1)C1CC(S)CCC1N1CCCC1. The van der Waals surface area contributed by atoms with Crippen LogP contribution in [0.2, 0.25) is 0 Å². The molecule has 126 valence electrons. The number of likely N-dealkylation sites (N-methyl/N-ethyl adjacent to an activating group) is 1. The van der Waals surface area contributed by atoms with Crippen LogP contribution < -0.4 is 0 Å². The van der Waals surface area contributed by atoms with Crippen molar-refractivity contribution in [3.05, 3.63) is 34.3 Å². The minimum atomic E-state index is 0.120. The van der Waals surface area contributed by atoms with Crippen LogP contribution in [-0.2, 0) is 0 Å². The quantitative estimate of drug-likeness (QED) is 0.784. The van der Waals surface area contributed by atoms with Crippen molar-refractivity contribution in [2.45, 2.75) is 49.4 Å². The molecule has 5 heteroatoms. The van der Waals surface area contributed by atoms with E-state index in [1.807, 2.05) is 36.2 Å². The summed E-state index contributed by atoms with van der Waals surface area (Å²) in [7, 11) is 1.96. The van der Waals surface area contributed by atoms with Gasteiger partial charge in [0.1, 0.15) is 0 Å². The lowest BCUT2D eigenvalue weighted by Gasteiger charge is -2.44. The van der Waals surface area contributed by atoms with Gasteiger partial charge in [0.15, 0.2) is 0 Å². The number of hydrogen-bond donors (Lipinski definition) is 1. The van der Waals surface area contributed by atoms with Gasteiger partial charge in [0.25, 0.3) is 5.91 Å². The zero-order valence-electron chi connectivity index (χ0n) is 13.6. The molecule has 1 heterocycles. The van der Waals surface area contributed by atoms with Crippen molar-refractivity contribution in [1.82, 2.24) is 9.80 Å². The molecule has 1 saturated carbocycles. The first-order valence-corrected chi connectivity index (χ1v) is 9.82. The molecule has 0 aromatic heterocycles. The number of rotatable bonds is 3. The smallest absolute Gasteiger partial charge is 0.253 e. The van der Waals surface area contributed by atoms with Crippen molar-refractivity contribution in [2.75, 3.05) is 20.1 Å². The molecule has 1 aromatic carbocycles. The summed E-state index contributed by atoms with van der Waals surface area (Å²) in [6, 6.07) is 8.41. The van der Waals surface area contributed by atoms with Crippen molar-refractivity contribution in [1.29, 1.82) is 0 Å². The van der Waals surface area contributed by atoms with Crippen molar-refractivity contribution in [3.63, 3.8) is 0 Å². The van der Waals surface area contributed by atoms with Gasteiger partial charge in [-0.05, 0) is 69.5 Å². The third-order valence-electron chi connectivity index (χ3n) is 5.27. The first kappa shape index (κ1) is 17.3. The Balaban J connectivity index is 1.77. The second-order valence-corrected chi connectivity index (χ2v) is 8.41. The molecule has 1 amide bonds. The molecule has 0 radical (unpaired) electrons. The Kier molecular flexibility index (Phi) is 5.70. The van der Waals surface area contributed by atoms with Crippen molar-refractivity contribution in [2.24, 2.45) is 0 Å². The highest BCUT2D eigenvalue weighted by Crippen LogP contribution is 2.32. The minimum absolute atomic E-state index is 0.120. The standard InChI is InChI=1S/C18H25BrN2OS/c1-20(18(22)13-4-6-14(19)7-5-13)17-12-15(23)8-9-16(17)21-10-2-3-11-21/h4-7,15-17,23H,2-3,8-12H2,1H3. The molecule has 1 aliphatic carbocycles. The third-order valence-corrected chi connectivity index (χ3v) is 6.27. The highest BCUT2D eigenvalue weighted by molar-refractivity contribution is 9.10. The monoisotopic (exact) mass is 396 g/mol. The topological polar surface area (TPSA) is 23.6 Å². The fourth-order valence-electron chi connectivity index (χ4n) is 3.97. The largest absolute Gasteiger partial charge is 0.337 e. The van der Waals surface area contributed by atoms with E-state index in [4.69, 9.17) is 12.6 Å². The zero-order valence-corrected chi connectivity index (χ0v) is 16.1. The molecule has 3 unspecified atom stereocenters. The van der Waals surface area contributed by atoms with E-state index in [1.165, 1.54) is 25.9 Å². The Morgan fingerprint density at radius 2 is 1.87 bits per heavy atom. The molecule has 2 aliphatic rings. The molecule has 0 bridgehead atoms. The van der Waals surface area contributed by atoms with E-state index in [1.54, 1.807) is 0 Å². The van der Waals surface area contributed by atoms with E-state index in [9.17, 15) is 4.79 Å². The Morgan fingerprint density at radius 3 is 2.52 bits per heavy atom. The van der Waals surface area contributed by atoms with E-state index in [2.05, 4.69) is 20.8 Å². The summed E-state index contributed by atoms with van der Waals surface area (Å²) in [5, 5.41) is 0.402. The number of halogens is 1. The summed E-state index contributed by atoms with van der Waals surface area (Å²) >= 11 is 8.13. The average molecular weight is 397 g/mol. The number of likely N-dealkylation sites (tertiary alicyclic amines) is 1. The fourth-order valence-corrected chi connectivity index (χ4v) is 4.60. The molecule has 1 saturated heterocycles. The van der Waals surface area contributed by atoms with Gasteiger partial charge in [0.2, 0.25) is 0 Å². The Hall–Kier alpha value is -0.520. The predicted molar refractivity (Wildman–Crippen MR) is 101 cm³/mol. The fraction of sp³-hybridized carbons (Fsp3) is 0.611. The second-order valence-electron chi connectivity index (χ2n) is 6.77.